The molecule has 23 heavy (non-hydrogen) atoms. The van der Waals surface area contributed by atoms with Gasteiger partial charge in [0, 0.05) is 31.3 Å². The fourth-order valence-corrected chi connectivity index (χ4v) is 2.64. The van der Waals surface area contributed by atoms with E-state index in [1.54, 1.807) is 6.20 Å². The second-order valence-electron chi connectivity index (χ2n) is 5.74. The maximum Gasteiger partial charge on any atom is 0.138 e. The number of nitrogens with zero attached hydrogens (tertiary/aromatic N) is 3. The number of anilines is 1. The Labute approximate surface area is 142 Å². The van der Waals surface area contributed by atoms with E-state index in [0.29, 0.717) is 5.02 Å². The molecule has 0 atom stereocenters. The van der Waals surface area contributed by atoms with E-state index in [4.69, 9.17) is 16.6 Å². The minimum absolute atomic E-state index is 0. The average molecular weight is 332 g/mol. The van der Waals surface area contributed by atoms with Gasteiger partial charge in [-0.25, -0.2) is 9.97 Å². The Morgan fingerprint density at radius 3 is 3.04 bits per heavy atom. The molecule has 0 saturated heterocycles. The molecular weight excluding hydrogens is 310 g/mol. The van der Waals surface area contributed by atoms with Crippen molar-refractivity contribution in [3.05, 3.63) is 41.7 Å². The van der Waals surface area contributed by atoms with Gasteiger partial charge in [0.25, 0.3) is 0 Å². The second kappa shape index (κ2) is 6.98. The highest BCUT2D eigenvalue weighted by molar-refractivity contribution is 6.31. The molecule has 122 valence electrons. The molecule has 3 heterocycles. The number of nitrogens with one attached hydrogen (secondary N) is 2. The summed E-state index contributed by atoms with van der Waals surface area (Å²) in [5.74, 6) is 0.880. The molecule has 0 aliphatic carbocycles. The summed E-state index contributed by atoms with van der Waals surface area (Å²) < 4.78 is 0. The van der Waals surface area contributed by atoms with Crippen LogP contribution in [0.1, 0.15) is 7.85 Å². The van der Waals surface area contributed by atoms with Crippen molar-refractivity contribution in [1.82, 2.24) is 19.9 Å². The summed E-state index contributed by atoms with van der Waals surface area (Å²) in [6.07, 6.45) is 4.64. The molecule has 0 aliphatic heterocycles. The van der Waals surface area contributed by atoms with Crippen LogP contribution in [0.4, 0.5) is 5.82 Å². The van der Waals surface area contributed by atoms with Gasteiger partial charge in [-0.1, -0.05) is 17.7 Å². The largest absolute Gasteiger partial charge is 0.370 e. The minimum Gasteiger partial charge on any atom is -0.370 e. The molecule has 3 aromatic heterocycles. The number of aromatic nitrogens is 3. The van der Waals surface area contributed by atoms with E-state index in [1.807, 2.05) is 30.5 Å². The molecule has 0 amide bonds. The van der Waals surface area contributed by atoms with Crippen molar-refractivity contribution in [1.29, 1.82) is 0 Å². The molecule has 3 aromatic rings. The standard InChI is InChI=1S/C17H20ClN5.H2/c1-23(2)8-4-7-19-16-6-3-5-15(22-16)14-11-21-17-13(14)9-12(18)10-20-17;/h3,5-6,9-11H,4,7-8H2,1-2H3,(H,19,22)(H,20,21);1H. The third-order valence-electron chi connectivity index (χ3n) is 3.61. The number of H-pyrrole nitrogens is 1. The summed E-state index contributed by atoms with van der Waals surface area (Å²) in [5.41, 5.74) is 2.72. The third kappa shape index (κ3) is 3.81. The highest BCUT2D eigenvalue weighted by Crippen LogP contribution is 2.28. The van der Waals surface area contributed by atoms with E-state index in [2.05, 4.69) is 34.3 Å². The van der Waals surface area contributed by atoms with Crippen molar-refractivity contribution in [2.24, 2.45) is 0 Å². The molecule has 0 saturated carbocycles. The topological polar surface area (TPSA) is 56.8 Å². The van der Waals surface area contributed by atoms with Crippen LogP contribution < -0.4 is 5.32 Å². The molecule has 5 nitrogen and oxygen atoms in total. The Balaban J connectivity index is 0.00000208. The fourth-order valence-electron chi connectivity index (χ4n) is 2.48. The van der Waals surface area contributed by atoms with Crippen molar-refractivity contribution < 1.29 is 1.43 Å². The quantitative estimate of drug-likeness (QED) is 0.673. The number of aromatic amines is 1. The number of rotatable bonds is 6. The first kappa shape index (κ1) is 15.8. The lowest BCUT2D eigenvalue weighted by Gasteiger charge is -2.10. The number of halogens is 1. The van der Waals surface area contributed by atoms with E-state index in [9.17, 15) is 0 Å². The van der Waals surface area contributed by atoms with E-state index in [1.165, 1.54) is 0 Å². The molecule has 2 N–H and O–H groups in total. The number of pyridine rings is 2. The molecule has 0 aliphatic rings. The monoisotopic (exact) mass is 331 g/mol. The Kier molecular flexibility index (Phi) is 4.79. The summed E-state index contributed by atoms with van der Waals surface area (Å²) in [6, 6.07) is 7.90. The zero-order valence-corrected chi connectivity index (χ0v) is 14.1. The molecule has 6 heteroatoms. The Bertz CT molecular complexity index is 803. The van der Waals surface area contributed by atoms with Gasteiger partial charge < -0.3 is 15.2 Å². The highest BCUT2D eigenvalue weighted by atomic mass is 35.5. The third-order valence-corrected chi connectivity index (χ3v) is 3.82. The summed E-state index contributed by atoms with van der Waals surface area (Å²) in [5, 5.41) is 4.97. The number of hydrogen-bond donors (Lipinski definition) is 2. The first-order chi connectivity index (χ1) is 11.1. The SMILES string of the molecule is CN(C)CCCNc1cccc(-c2c[nH]c3ncc(Cl)cc23)n1.[HH]. The Hall–Kier alpha value is -2.11. The van der Waals surface area contributed by atoms with Gasteiger partial charge in [0.2, 0.25) is 0 Å². The van der Waals surface area contributed by atoms with Crippen LogP contribution in [0.15, 0.2) is 36.7 Å². The van der Waals surface area contributed by atoms with Gasteiger partial charge in [-0.15, -0.1) is 0 Å². The van der Waals surface area contributed by atoms with Crippen molar-refractivity contribution in [3.8, 4) is 11.3 Å². The van der Waals surface area contributed by atoms with E-state index >= 15 is 0 Å². The van der Waals surface area contributed by atoms with Crippen LogP contribution in [-0.2, 0) is 0 Å². The zero-order chi connectivity index (χ0) is 16.2. The predicted molar refractivity (Wildman–Crippen MR) is 98.1 cm³/mol. The van der Waals surface area contributed by atoms with Gasteiger partial charge in [-0.05, 0) is 45.3 Å². The lowest BCUT2D eigenvalue weighted by atomic mass is 10.1. The van der Waals surface area contributed by atoms with Gasteiger partial charge in [-0.2, -0.15) is 0 Å². The van der Waals surface area contributed by atoms with Gasteiger partial charge >= 0.3 is 0 Å². The van der Waals surface area contributed by atoms with E-state index in [-0.39, 0.29) is 1.43 Å². The number of fused-ring (bicyclic) bond motifs is 1. The van der Waals surface area contributed by atoms with Gasteiger partial charge in [-0.3, -0.25) is 0 Å². The molecule has 3 rings (SSSR count). The van der Waals surface area contributed by atoms with Gasteiger partial charge in [0.15, 0.2) is 0 Å². The predicted octanol–water partition coefficient (Wildman–Crippen LogP) is 3.89. The highest BCUT2D eigenvalue weighted by Gasteiger charge is 2.09. The molecule has 0 spiro atoms. The Morgan fingerprint density at radius 2 is 2.22 bits per heavy atom. The first-order valence-corrected chi connectivity index (χ1v) is 8.00. The minimum atomic E-state index is 0. The van der Waals surface area contributed by atoms with Crippen molar-refractivity contribution in [2.45, 2.75) is 6.42 Å². The molecule has 0 unspecified atom stereocenters. The van der Waals surface area contributed by atoms with Crippen LogP contribution in [-0.4, -0.2) is 47.0 Å². The maximum absolute atomic E-state index is 6.06. The Morgan fingerprint density at radius 1 is 1.35 bits per heavy atom. The van der Waals surface area contributed by atoms with Crippen LogP contribution >= 0.6 is 11.6 Å². The van der Waals surface area contributed by atoms with Crippen LogP contribution in [0.25, 0.3) is 22.3 Å². The lowest BCUT2D eigenvalue weighted by Crippen LogP contribution is -2.16. The zero-order valence-electron chi connectivity index (χ0n) is 13.3. The molecule has 0 aromatic carbocycles. The molecule has 0 radical (unpaired) electrons. The summed E-state index contributed by atoms with van der Waals surface area (Å²) in [6.45, 7) is 1.95. The van der Waals surface area contributed by atoms with Crippen molar-refractivity contribution in [3.63, 3.8) is 0 Å². The normalized spacial score (nSPS) is 11.3. The summed E-state index contributed by atoms with van der Waals surface area (Å²) in [7, 11) is 4.16. The average Bonchev–Trinajstić information content (AvgIpc) is 2.94. The summed E-state index contributed by atoms with van der Waals surface area (Å²) >= 11 is 6.06. The lowest BCUT2D eigenvalue weighted by molar-refractivity contribution is 0.405. The van der Waals surface area contributed by atoms with Crippen molar-refractivity contribution in [2.75, 3.05) is 32.5 Å². The van der Waals surface area contributed by atoms with Crippen LogP contribution in [0.5, 0.6) is 0 Å². The summed E-state index contributed by atoms with van der Waals surface area (Å²) in [4.78, 5) is 14.3. The van der Waals surface area contributed by atoms with Gasteiger partial charge in [0.05, 0.1) is 10.7 Å². The van der Waals surface area contributed by atoms with E-state index < -0.39 is 0 Å². The smallest absolute Gasteiger partial charge is 0.138 e. The van der Waals surface area contributed by atoms with E-state index in [0.717, 1.165) is 47.6 Å². The van der Waals surface area contributed by atoms with Crippen LogP contribution in [0.2, 0.25) is 5.02 Å². The molecule has 0 bridgehead atoms. The molecule has 0 fully saturated rings. The van der Waals surface area contributed by atoms with Gasteiger partial charge in [0.1, 0.15) is 11.5 Å². The van der Waals surface area contributed by atoms with Crippen LogP contribution in [0, 0.1) is 0 Å². The van der Waals surface area contributed by atoms with Crippen molar-refractivity contribution >= 4 is 28.5 Å². The second-order valence-corrected chi connectivity index (χ2v) is 6.18. The molecular formula is C17H22ClN5. The van der Waals surface area contributed by atoms with Crippen LogP contribution in [0.3, 0.4) is 0 Å². The maximum atomic E-state index is 6.06. The first-order valence-electron chi connectivity index (χ1n) is 7.62. The number of hydrogen-bond acceptors (Lipinski definition) is 4. The fraction of sp³-hybridized carbons (Fsp3) is 0.294.